The van der Waals surface area contributed by atoms with Gasteiger partial charge in [-0.15, -0.1) is 0 Å². The molecule has 0 aliphatic rings. The Kier molecular flexibility index (Phi) is 2.57. The maximum atomic E-state index is 11.0. The van der Waals surface area contributed by atoms with Crippen LogP contribution in [0.4, 0.5) is 0 Å². The Morgan fingerprint density at radius 1 is 1.33 bits per heavy atom. The molecule has 1 rings (SSSR count). The van der Waals surface area contributed by atoms with Crippen molar-refractivity contribution in [2.75, 3.05) is 14.2 Å². The Bertz CT molecular complexity index is 288. The molecule has 0 N–H and O–H groups in total. The van der Waals surface area contributed by atoms with Crippen LogP contribution in [0.1, 0.15) is 10.5 Å². The molecule has 64 valence electrons. The van der Waals surface area contributed by atoms with Crippen LogP contribution in [0.5, 0.6) is 5.88 Å². The van der Waals surface area contributed by atoms with Gasteiger partial charge in [0.25, 0.3) is 0 Å². The second kappa shape index (κ2) is 3.66. The molecular weight excluding hydrogens is 160 g/mol. The Hall–Kier alpha value is -1.65. The number of carbonyl (C=O) groups is 1. The highest BCUT2D eigenvalue weighted by molar-refractivity contribution is 5.89. The van der Waals surface area contributed by atoms with E-state index in [1.165, 1.54) is 26.6 Å². The van der Waals surface area contributed by atoms with Gasteiger partial charge in [0, 0.05) is 12.4 Å². The van der Waals surface area contributed by atoms with Crippen molar-refractivity contribution in [1.82, 2.24) is 9.97 Å². The van der Waals surface area contributed by atoms with Crippen LogP contribution in [0.15, 0.2) is 12.4 Å². The van der Waals surface area contributed by atoms with Crippen LogP contribution in [0.2, 0.25) is 0 Å². The summed E-state index contributed by atoms with van der Waals surface area (Å²) in [5.41, 5.74) is 0.0856. The summed E-state index contributed by atoms with van der Waals surface area (Å²) in [7, 11) is 2.69. The summed E-state index contributed by atoms with van der Waals surface area (Å²) in [6, 6.07) is 0. The van der Waals surface area contributed by atoms with Gasteiger partial charge in [0.2, 0.25) is 11.6 Å². The quantitative estimate of drug-likeness (QED) is 0.593. The molecule has 0 saturated carbocycles. The minimum atomic E-state index is -0.556. The van der Waals surface area contributed by atoms with Crippen molar-refractivity contribution in [1.29, 1.82) is 0 Å². The molecule has 0 atom stereocenters. The van der Waals surface area contributed by atoms with Crippen LogP contribution in [0, 0.1) is 0 Å². The Labute approximate surface area is 69.4 Å². The van der Waals surface area contributed by atoms with Gasteiger partial charge in [-0.2, -0.15) is 0 Å². The van der Waals surface area contributed by atoms with E-state index in [0.29, 0.717) is 0 Å². The summed E-state index contributed by atoms with van der Waals surface area (Å²) in [5.74, 6) is -0.385. The smallest absolute Gasteiger partial charge is 0.362 e. The maximum Gasteiger partial charge on any atom is 0.362 e. The first-order valence-electron chi connectivity index (χ1n) is 3.23. The molecule has 0 spiro atoms. The van der Waals surface area contributed by atoms with Crippen molar-refractivity contribution in [3.8, 4) is 5.88 Å². The van der Waals surface area contributed by atoms with E-state index in [9.17, 15) is 4.79 Å². The van der Waals surface area contributed by atoms with E-state index in [0.717, 1.165) is 0 Å². The molecule has 5 heteroatoms. The van der Waals surface area contributed by atoms with E-state index in [-0.39, 0.29) is 11.6 Å². The molecule has 0 saturated heterocycles. The molecule has 0 aliphatic carbocycles. The molecule has 0 unspecified atom stereocenters. The van der Waals surface area contributed by atoms with Crippen molar-refractivity contribution >= 4 is 5.97 Å². The highest BCUT2D eigenvalue weighted by Crippen LogP contribution is 2.10. The molecule has 1 aromatic heterocycles. The molecule has 5 nitrogen and oxygen atoms in total. The highest BCUT2D eigenvalue weighted by Gasteiger charge is 2.14. The number of aromatic nitrogens is 2. The molecule has 12 heavy (non-hydrogen) atoms. The topological polar surface area (TPSA) is 61.3 Å². The van der Waals surface area contributed by atoms with Gasteiger partial charge >= 0.3 is 5.97 Å². The molecule has 0 radical (unpaired) electrons. The van der Waals surface area contributed by atoms with Crippen molar-refractivity contribution in [2.24, 2.45) is 0 Å². The zero-order valence-corrected chi connectivity index (χ0v) is 6.77. The second-order valence-corrected chi connectivity index (χ2v) is 1.91. The van der Waals surface area contributed by atoms with E-state index in [4.69, 9.17) is 4.74 Å². The predicted molar refractivity (Wildman–Crippen MR) is 39.9 cm³/mol. The third-order valence-electron chi connectivity index (χ3n) is 1.24. The average molecular weight is 168 g/mol. The standard InChI is InChI=1S/C7H8N2O3/c1-11-6-5(7(10)12-2)8-3-4-9-6/h3-4H,1-2H3. The third-order valence-corrected chi connectivity index (χ3v) is 1.24. The summed E-state index contributed by atoms with van der Waals surface area (Å²) >= 11 is 0. The van der Waals surface area contributed by atoms with Crippen molar-refractivity contribution in [3.05, 3.63) is 18.1 Å². The van der Waals surface area contributed by atoms with Gasteiger partial charge in [0.1, 0.15) is 0 Å². The second-order valence-electron chi connectivity index (χ2n) is 1.91. The molecular formula is C7H8N2O3. The van der Waals surface area contributed by atoms with E-state index >= 15 is 0 Å². The van der Waals surface area contributed by atoms with E-state index in [2.05, 4.69) is 14.7 Å². The average Bonchev–Trinajstić information content (AvgIpc) is 2.16. The van der Waals surface area contributed by atoms with E-state index < -0.39 is 5.97 Å². The maximum absolute atomic E-state index is 11.0. The lowest BCUT2D eigenvalue weighted by Crippen LogP contribution is -2.07. The molecule has 0 fully saturated rings. The molecule has 0 amide bonds. The minimum absolute atomic E-state index is 0.0856. The molecule has 0 bridgehead atoms. The van der Waals surface area contributed by atoms with Crippen molar-refractivity contribution in [2.45, 2.75) is 0 Å². The van der Waals surface area contributed by atoms with Gasteiger partial charge in [-0.05, 0) is 0 Å². The summed E-state index contributed by atoms with van der Waals surface area (Å²) < 4.78 is 9.25. The minimum Gasteiger partial charge on any atom is -0.479 e. The summed E-state index contributed by atoms with van der Waals surface area (Å²) in [4.78, 5) is 18.5. The number of rotatable bonds is 2. The normalized spacial score (nSPS) is 9.17. The van der Waals surface area contributed by atoms with Crippen LogP contribution < -0.4 is 4.74 Å². The first-order chi connectivity index (χ1) is 5.79. The number of hydrogen-bond donors (Lipinski definition) is 0. The number of hydrogen-bond acceptors (Lipinski definition) is 5. The number of esters is 1. The lowest BCUT2D eigenvalue weighted by molar-refractivity contribution is 0.0589. The number of carbonyl (C=O) groups excluding carboxylic acids is 1. The largest absolute Gasteiger partial charge is 0.479 e. The summed E-state index contributed by atoms with van der Waals surface area (Å²) in [5, 5.41) is 0. The molecule has 0 aromatic carbocycles. The molecule has 0 aliphatic heterocycles. The van der Waals surface area contributed by atoms with Crippen LogP contribution in [-0.2, 0) is 4.74 Å². The lowest BCUT2D eigenvalue weighted by atomic mass is 10.4. The third kappa shape index (κ3) is 1.50. The summed E-state index contributed by atoms with van der Waals surface area (Å²) in [6.07, 6.45) is 2.83. The number of nitrogens with zero attached hydrogens (tertiary/aromatic N) is 2. The lowest BCUT2D eigenvalue weighted by Gasteiger charge is -2.02. The SMILES string of the molecule is COC(=O)c1nccnc1OC. The van der Waals surface area contributed by atoms with E-state index in [1.807, 2.05) is 0 Å². The van der Waals surface area contributed by atoms with Gasteiger partial charge < -0.3 is 9.47 Å². The van der Waals surface area contributed by atoms with Gasteiger partial charge in [0.15, 0.2) is 0 Å². The first-order valence-corrected chi connectivity index (χ1v) is 3.23. The Balaban J connectivity index is 3.04. The Morgan fingerprint density at radius 3 is 2.58 bits per heavy atom. The van der Waals surface area contributed by atoms with Gasteiger partial charge in [-0.3, -0.25) is 0 Å². The van der Waals surface area contributed by atoms with Crippen LogP contribution in [-0.4, -0.2) is 30.2 Å². The summed E-state index contributed by atoms with van der Waals surface area (Å²) in [6.45, 7) is 0. The zero-order valence-electron chi connectivity index (χ0n) is 6.77. The fourth-order valence-corrected chi connectivity index (χ4v) is 0.711. The highest BCUT2D eigenvalue weighted by atomic mass is 16.5. The first kappa shape index (κ1) is 8.45. The van der Waals surface area contributed by atoms with Crippen LogP contribution in [0.3, 0.4) is 0 Å². The predicted octanol–water partition coefficient (Wildman–Crippen LogP) is 0.272. The van der Waals surface area contributed by atoms with Crippen LogP contribution >= 0.6 is 0 Å². The van der Waals surface area contributed by atoms with Crippen LogP contribution in [0.25, 0.3) is 0 Å². The van der Waals surface area contributed by atoms with Gasteiger partial charge in [-0.1, -0.05) is 0 Å². The zero-order chi connectivity index (χ0) is 8.97. The van der Waals surface area contributed by atoms with Crippen molar-refractivity contribution < 1.29 is 14.3 Å². The van der Waals surface area contributed by atoms with Gasteiger partial charge in [-0.25, -0.2) is 14.8 Å². The fraction of sp³-hybridized carbons (Fsp3) is 0.286. The van der Waals surface area contributed by atoms with Crippen molar-refractivity contribution in [3.63, 3.8) is 0 Å². The van der Waals surface area contributed by atoms with Gasteiger partial charge in [0.05, 0.1) is 14.2 Å². The molecule has 1 aromatic rings. The fourth-order valence-electron chi connectivity index (χ4n) is 0.711. The van der Waals surface area contributed by atoms with E-state index in [1.54, 1.807) is 0 Å². The molecule has 1 heterocycles. The number of methoxy groups -OCH3 is 2. The Morgan fingerprint density at radius 2 is 2.00 bits per heavy atom. The number of ether oxygens (including phenoxy) is 2. The monoisotopic (exact) mass is 168 g/mol.